The van der Waals surface area contributed by atoms with Crippen LogP contribution in [0.2, 0.25) is 5.02 Å². The zero-order chi connectivity index (χ0) is 19.1. The van der Waals surface area contributed by atoms with Gasteiger partial charge in [0.15, 0.2) is 5.82 Å². The van der Waals surface area contributed by atoms with E-state index in [-0.39, 0.29) is 5.41 Å². The van der Waals surface area contributed by atoms with Gasteiger partial charge in [-0.05, 0) is 24.6 Å². The Morgan fingerprint density at radius 3 is 2.89 bits per heavy atom. The Labute approximate surface area is 167 Å². The van der Waals surface area contributed by atoms with Gasteiger partial charge in [-0.2, -0.15) is 0 Å². The molecule has 0 bridgehead atoms. The molecular weight excluding hydrogens is 378 g/mol. The molecule has 2 aliphatic heterocycles. The molecule has 7 nitrogen and oxygen atoms in total. The third kappa shape index (κ3) is 3.00. The van der Waals surface area contributed by atoms with Gasteiger partial charge < -0.3 is 19.7 Å². The summed E-state index contributed by atoms with van der Waals surface area (Å²) < 4.78 is 10.8. The molecule has 144 valence electrons. The van der Waals surface area contributed by atoms with Crippen molar-refractivity contribution in [1.29, 1.82) is 0 Å². The van der Waals surface area contributed by atoms with Crippen LogP contribution in [0.15, 0.2) is 36.7 Å². The van der Waals surface area contributed by atoms with Gasteiger partial charge in [0, 0.05) is 47.4 Å². The van der Waals surface area contributed by atoms with Gasteiger partial charge >= 0.3 is 0 Å². The van der Waals surface area contributed by atoms with Crippen molar-refractivity contribution in [3.05, 3.63) is 41.7 Å². The Hall–Kier alpha value is -2.64. The normalized spacial score (nSPS) is 17.7. The maximum Gasteiger partial charge on any atom is 0.227 e. The standard InChI is InChI=1S/C20H20ClN5O2/c1-27-16-8-14(21)2-3-15(16)24-19-23-9-13-4-6-22-18(17(13)25-19)26-7-5-20(10-26)11-28-12-20/h2-4,6,8-9H,5,7,10-12H2,1H3,(H,23,24,25). The van der Waals surface area contributed by atoms with E-state index in [1.807, 2.05) is 24.5 Å². The number of benzene rings is 1. The summed E-state index contributed by atoms with van der Waals surface area (Å²) in [5.41, 5.74) is 1.88. The summed E-state index contributed by atoms with van der Waals surface area (Å²) in [4.78, 5) is 16.1. The highest BCUT2D eigenvalue weighted by molar-refractivity contribution is 6.30. The predicted molar refractivity (Wildman–Crippen MR) is 109 cm³/mol. The van der Waals surface area contributed by atoms with E-state index in [0.717, 1.165) is 55.1 Å². The third-order valence-electron chi connectivity index (χ3n) is 5.44. The van der Waals surface area contributed by atoms with Gasteiger partial charge in [0.1, 0.15) is 11.3 Å². The SMILES string of the molecule is COc1cc(Cl)ccc1Nc1ncc2ccnc(N3CCC4(COC4)C3)c2n1. The zero-order valence-corrected chi connectivity index (χ0v) is 16.2. The van der Waals surface area contributed by atoms with Crippen molar-refractivity contribution in [3.8, 4) is 5.75 Å². The average Bonchev–Trinajstić information content (AvgIpc) is 3.15. The van der Waals surface area contributed by atoms with Crippen molar-refractivity contribution in [2.45, 2.75) is 6.42 Å². The molecule has 2 aliphatic rings. The molecule has 0 amide bonds. The lowest BCUT2D eigenvalue weighted by atomic mass is 9.85. The van der Waals surface area contributed by atoms with Gasteiger partial charge in [0.05, 0.1) is 26.0 Å². The molecule has 1 aromatic carbocycles. The van der Waals surface area contributed by atoms with Crippen molar-refractivity contribution < 1.29 is 9.47 Å². The topological polar surface area (TPSA) is 72.4 Å². The molecule has 2 saturated heterocycles. The maximum absolute atomic E-state index is 6.05. The fourth-order valence-electron chi connectivity index (χ4n) is 3.86. The first-order valence-electron chi connectivity index (χ1n) is 9.21. The fourth-order valence-corrected chi connectivity index (χ4v) is 4.03. The molecule has 2 aromatic heterocycles. The summed E-state index contributed by atoms with van der Waals surface area (Å²) in [6.07, 6.45) is 4.76. The van der Waals surface area contributed by atoms with Crippen LogP contribution in [0, 0.1) is 5.41 Å². The summed E-state index contributed by atoms with van der Waals surface area (Å²) in [5, 5.41) is 4.80. The third-order valence-corrected chi connectivity index (χ3v) is 5.68. The molecule has 0 saturated carbocycles. The van der Waals surface area contributed by atoms with Gasteiger partial charge in [0.25, 0.3) is 0 Å². The van der Waals surface area contributed by atoms with Gasteiger partial charge in [-0.3, -0.25) is 0 Å². The lowest BCUT2D eigenvalue weighted by Gasteiger charge is -2.37. The Kier molecular flexibility index (Phi) is 4.21. The molecule has 8 heteroatoms. The minimum Gasteiger partial charge on any atom is -0.495 e. The van der Waals surface area contributed by atoms with Crippen molar-refractivity contribution >= 4 is 40.0 Å². The smallest absolute Gasteiger partial charge is 0.227 e. The van der Waals surface area contributed by atoms with E-state index in [1.165, 1.54) is 0 Å². The molecule has 5 rings (SSSR count). The molecule has 0 atom stereocenters. The van der Waals surface area contributed by atoms with Gasteiger partial charge in [0.2, 0.25) is 5.95 Å². The number of pyridine rings is 1. The second kappa shape index (κ2) is 6.76. The number of ether oxygens (including phenoxy) is 2. The van der Waals surface area contributed by atoms with Crippen molar-refractivity contribution in [2.75, 3.05) is 43.6 Å². The van der Waals surface area contributed by atoms with E-state index < -0.39 is 0 Å². The molecule has 0 radical (unpaired) electrons. The van der Waals surface area contributed by atoms with E-state index >= 15 is 0 Å². The second-order valence-electron chi connectivity index (χ2n) is 7.40. The van der Waals surface area contributed by atoms with Gasteiger partial charge in [-0.15, -0.1) is 0 Å². The highest BCUT2D eigenvalue weighted by Gasteiger charge is 2.45. The minimum absolute atomic E-state index is 0.286. The predicted octanol–water partition coefficient (Wildman–Crippen LogP) is 3.66. The van der Waals surface area contributed by atoms with Crippen LogP contribution < -0.4 is 15.0 Å². The highest BCUT2D eigenvalue weighted by Crippen LogP contribution is 2.40. The van der Waals surface area contributed by atoms with E-state index in [9.17, 15) is 0 Å². The lowest BCUT2D eigenvalue weighted by molar-refractivity contribution is -0.0985. The first-order chi connectivity index (χ1) is 13.7. The Morgan fingerprint density at radius 2 is 2.14 bits per heavy atom. The van der Waals surface area contributed by atoms with Gasteiger partial charge in [-0.25, -0.2) is 15.0 Å². The monoisotopic (exact) mass is 397 g/mol. The summed E-state index contributed by atoms with van der Waals surface area (Å²) in [5.74, 6) is 2.02. The van der Waals surface area contributed by atoms with Crippen LogP contribution >= 0.6 is 11.6 Å². The number of nitrogens with one attached hydrogen (secondary N) is 1. The molecule has 4 heterocycles. The minimum atomic E-state index is 0.286. The van der Waals surface area contributed by atoms with E-state index in [1.54, 1.807) is 19.2 Å². The average molecular weight is 398 g/mol. The molecule has 1 spiro atoms. The lowest BCUT2D eigenvalue weighted by Crippen LogP contribution is -2.44. The van der Waals surface area contributed by atoms with Crippen LogP contribution in [0.25, 0.3) is 10.9 Å². The number of nitrogens with zero attached hydrogens (tertiary/aromatic N) is 4. The van der Waals surface area contributed by atoms with Crippen molar-refractivity contribution in [1.82, 2.24) is 15.0 Å². The zero-order valence-electron chi connectivity index (χ0n) is 15.5. The molecule has 3 aromatic rings. The summed E-state index contributed by atoms with van der Waals surface area (Å²) >= 11 is 6.05. The molecule has 1 N–H and O–H groups in total. The maximum atomic E-state index is 6.05. The first kappa shape index (κ1) is 17.5. The van der Waals surface area contributed by atoms with Crippen LogP contribution in [-0.2, 0) is 4.74 Å². The number of rotatable bonds is 4. The number of aromatic nitrogens is 3. The van der Waals surface area contributed by atoms with Crippen LogP contribution in [0.5, 0.6) is 5.75 Å². The molecule has 28 heavy (non-hydrogen) atoms. The van der Waals surface area contributed by atoms with Crippen LogP contribution in [0.1, 0.15) is 6.42 Å². The highest BCUT2D eigenvalue weighted by atomic mass is 35.5. The first-order valence-corrected chi connectivity index (χ1v) is 9.59. The van der Waals surface area contributed by atoms with E-state index in [0.29, 0.717) is 16.7 Å². The number of anilines is 3. The van der Waals surface area contributed by atoms with Gasteiger partial charge in [-0.1, -0.05) is 11.6 Å². The Morgan fingerprint density at radius 1 is 1.25 bits per heavy atom. The van der Waals surface area contributed by atoms with Crippen LogP contribution in [-0.4, -0.2) is 48.4 Å². The Balaban J connectivity index is 1.49. The van der Waals surface area contributed by atoms with Crippen molar-refractivity contribution in [2.24, 2.45) is 5.41 Å². The second-order valence-corrected chi connectivity index (χ2v) is 7.84. The molecule has 2 fully saturated rings. The van der Waals surface area contributed by atoms with E-state index in [2.05, 4.69) is 20.2 Å². The number of halogens is 1. The Bertz CT molecular complexity index is 1040. The summed E-state index contributed by atoms with van der Waals surface area (Å²) in [6, 6.07) is 7.33. The quantitative estimate of drug-likeness (QED) is 0.720. The van der Waals surface area contributed by atoms with Crippen molar-refractivity contribution in [3.63, 3.8) is 0 Å². The van der Waals surface area contributed by atoms with Crippen LogP contribution in [0.3, 0.4) is 0 Å². The summed E-state index contributed by atoms with van der Waals surface area (Å²) in [6.45, 7) is 3.60. The number of hydrogen-bond acceptors (Lipinski definition) is 7. The summed E-state index contributed by atoms with van der Waals surface area (Å²) in [7, 11) is 1.60. The van der Waals surface area contributed by atoms with Crippen LogP contribution in [0.4, 0.5) is 17.5 Å². The molecule has 0 aliphatic carbocycles. The van der Waals surface area contributed by atoms with E-state index in [4.69, 9.17) is 26.1 Å². The number of methoxy groups -OCH3 is 1. The number of hydrogen-bond donors (Lipinski definition) is 1. The fraction of sp³-hybridized carbons (Fsp3) is 0.350. The number of fused-ring (bicyclic) bond motifs is 1. The molecule has 0 unspecified atom stereocenters. The largest absolute Gasteiger partial charge is 0.495 e. The molecular formula is C20H20ClN5O2.